The summed E-state index contributed by atoms with van der Waals surface area (Å²) in [5.74, 6) is 1.09. The lowest BCUT2D eigenvalue weighted by Gasteiger charge is -2.39. The van der Waals surface area contributed by atoms with Crippen molar-refractivity contribution in [2.45, 2.75) is 38.3 Å². The van der Waals surface area contributed by atoms with Crippen LogP contribution in [0, 0.1) is 6.92 Å². The molecule has 0 amide bonds. The first-order chi connectivity index (χ1) is 13.7. The van der Waals surface area contributed by atoms with Gasteiger partial charge in [0.05, 0.1) is 23.5 Å². The molecule has 3 aromatic rings. The molecule has 0 bridgehead atoms. The molecule has 1 aliphatic heterocycles. The summed E-state index contributed by atoms with van der Waals surface area (Å²) in [6.07, 6.45) is 7.58. The molecule has 1 aliphatic rings. The molecule has 0 aromatic carbocycles. The van der Waals surface area contributed by atoms with E-state index >= 15 is 0 Å². The first kappa shape index (κ1) is 18.9. The SMILES string of the molecule is CNCCNc1cccc2nc([C@H]3CCC[C@@H](c4ncccc4C)N3C)cn12. The third-order valence-corrected chi connectivity index (χ3v) is 5.84. The molecule has 0 radical (unpaired) electrons. The molecule has 28 heavy (non-hydrogen) atoms. The number of likely N-dealkylation sites (N-methyl/N-ethyl adjacent to an activating group) is 1. The number of fused-ring (bicyclic) bond motifs is 1. The van der Waals surface area contributed by atoms with Crippen LogP contribution in [0.1, 0.15) is 48.3 Å². The fraction of sp³-hybridized carbons (Fsp3) is 0.455. The number of pyridine rings is 2. The summed E-state index contributed by atoms with van der Waals surface area (Å²) < 4.78 is 2.18. The molecular weight excluding hydrogens is 348 g/mol. The quantitative estimate of drug-likeness (QED) is 0.642. The topological polar surface area (TPSA) is 57.5 Å². The van der Waals surface area contributed by atoms with Crippen molar-refractivity contribution in [1.82, 2.24) is 24.6 Å². The van der Waals surface area contributed by atoms with E-state index in [1.165, 1.54) is 17.7 Å². The Balaban J connectivity index is 1.62. The Morgan fingerprint density at radius 3 is 2.79 bits per heavy atom. The molecule has 2 atom stereocenters. The van der Waals surface area contributed by atoms with Crippen molar-refractivity contribution in [3.05, 3.63) is 59.7 Å². The Labute approximate surface area is 167 Å². The molecule has 3 aromatic heterocycles. The van der Waals surface area contributed by atoms with Crippen LogP contribution >= 0.6 is 0 Å². The van der Waals surface area contributed by atoms with Gasteiger partial charge >= 0.3 is 0 Å². The Morgan fingerprint density at radius 1 is 1.11 bits per heavy atom. The van der Waals surface area contributed by atoms with Gasteiger partial charge in [-0.2, -0.15) is 0 Å². The first-order valence-electron chi connectivity index (χ1n) is 10.2. The van der Waals surface area contributed by atoms with Gasteiger partial charge in [0, 0.05) is 25.5 Å². The highest BCUT2D eigenvalue weighted by atomic mass is 15.2. The molecule has 0 unspecified atom stereocenters. The predicted molar refractivity (Wildman–Crippen MR) is 114 cm³/mol. The number of hydrogen-bond donors (Lipinski definition) is 2. The van der Waals surface area contributed by atoms with E-state index in [0.29, 0.717) is 12.1 Å². The highest BCUT2D eigenvalue weighted by molar-refractivity contribution is 5.51. The highest BCUT2D eigenvalue weighted by Crippen LogP contribution is 2.40. The van der Waals surface area contributed by atoms with Gasteiger partial charge < -0.3 is 10.6 Å². The fourth-order valence-corrected chi connectivity index (χ4v) is 4.31. The zero-order chi connectivity index (χ0) is 19.5. The van der Waals surface area contributed by atoms with Crippen LogP contribution in [0.25, 0.3) is 5.65 Å². The van der Waals surface area contributed by atoms with Gasteiger partial charge in [0.1, 0.15) is 11.5 Å². The van der Waals surface area contributed by atoms with E-state index in [2.05, 4.69) is 64.4 Å². The molecule has 0 aliphatic carbocycles. The minimum atomic E-state index is 0.310. The summed E-state index contributed by atoms with van der Waals surface area (Å²) in [7, 11) is 4.19. The molecule has 6 heteroatoms. The van der Waals surface area contributed by atoms with E-state index in [-0.39, 0.29) is 0 Å². The van der Waals surface area contributed by atoms with Gasteiger partial charge in [-0.3, -0.25) is 14.3 Å². The van der Waals surface area contributed by atoms with Crippen LogP contribution < -0.4 is 10.6 Å². The van der Waals surface area contributed by atoms with Crippen molar-refractivity contribution in [1.29, 1.82) is 0 Å². The number of piperidine rings is 1. The second kappa shape index (κ2) is 8.29. The smallest absolute Gasteiger partial charge is 0.138 e. The van der Waals surface area contributed by atoms with Crippen molar-refractivity contribution in [2.24, 2.45) is 0 Å². The van der Waals surface area contributed by atoms with Crippen LogP contribution in [0.3, 0.4) is 0 Å². The minimum absolute atomic E-state index is 0.310. The number of hydrogen-bond acceptors (Lipinski definition) is 5. The van der Waals surface area contributed by atoms with Crippen molar-refractivity contribution in [3.63, 3.8) is 0 Å². The average Bonchev–Trinajstić information content (AvgIpc) is 3.14. The average molecular weight is 379 g/mol. The summed E-state index contributed by atoms with van der Waals surface area (Å²) in [5.41, 5.74) is 4.61. The molecule has 6 nitrogen and oxygen atoms in total. The van der Waals surface area contributed by atoms with Gasteiger partial charge in [-0.05, 0) is 64.0 Å². The third kappa shape index (κ3) is 3.62. The normalized spacial score (nSPS) is 20.5. The Morgan fingerprint density at radius 2 is 1.96 bits per heavy atom. The standard InChI is InChI=1S/C22H30N6/c1-16-7-6-12-25-22(16)19-9-4-8-18(27(19)3)17-15-28-20(24-14-13-23-2)10-5-11-21(28)26-17/h5-7,10-12,15,18-19,23-24H,4,8-9,13-14H2,1-3H3/t18-,19+/m1/s1. The van der Waals surface area contributed by atoms with Crippen molar-refractivity contribution in [3.8, 4) is 0 Å². The van der Waals surface area contributed by atoms with Gasteiger partial charge in [0.2, 0.25) is 0 Å². The van der Waals surface area contributed by atoms with Gasteiger partial charge in [0.15, 0.2) is 0 Å². The van der Waals surface area contributed by atoms with E-state index < -0.39 is 0 Å². The molecule has 1 saturated heterocycles. The Hall–Kier alpha value is -2.44. The van der Waals surface area contributed by atoms with Gasteiger partial charge in [0.25, 0.3) is 0 Å². The van der Waals surface area contributed by atoms with E-state index in [1.807, 2.05) is 19.3 Å². The Kier molecular flexibility index (Phi) is 5.59. The molecular formula is C22H30N6. The summed E-state index contributed by atoms with van der Waals surface area (Å²) in [6, 6.07) is 11.1. The number of rotatable bonds is 6. The third-order valence-electron chi connectivity index (χ3n) is 5.84. The van der Waals surface area contributed by atoms with Crippen LogP contribution in [0.5, 0.6) is 0 Å². The second-order valence-corrected chi connectivity index (χ2v) is 7.67. The molecule has 4 rings (SSSR count). The fourth-order valence-electron chi connectivity index (χ4n) is 4.31. The van der Waals surface area contributed by atoms with Crippen LogP contribution in [-0.2, 0) is 0 Å². The lowest BCUT2D eigenvalue weighted by Crippen LogP contribution is -2.34. The highest BCUT2D eigenvalue weighted by Gasteiger charge is 2.32. The monoisotopic (exact) mass is 378 g/mol. The molecule has 0 saturated carbocycles. The molecule has 0 spiro atoms. The number of imidazole rings is 1. The van der Waals surface area contributed by atoms with Gasteiger partial charge in [-0.25, -0.2) is 4.98 Å². The lowest BCUT2D eigenvalue weighted by molar-refractivity contribution is 0.109. The summed E-state index contributed by atoms with van der Waals surface area (Å²) in [6.45, 7) is 3.97. The number of nitrogens with one attached hydrogen (secondary N) is 2. The maximum Gasteiger partial charge on any atom is 0.138 e. The van der Waals surface area contributed by atoms with E-state index in [0.717, 1.165) is 43.1 Å². The van der Waals surface area contributed by atoms with Crippen molar-refractivity contribution in [2.75, 3.05) is 32.5 Å². The predicted octanol–water partition coefficient (Wildman–Crippen LogP) is 3.57. The minimum Gasteiger partial charge on any atom is -0.370 e. The lowest BCUT2D eigenvalue weighted by atomic mass is 9.91. The first-order valence-corrected chi connectivity index (χ1v) is 10.2. The summed E-state index contributed by atoms with van der Waals surface area (Å²) >= 11 is 0. The maximum absolute atomic E-state index is 4.97. The summed E-state index contributed by atoms with van der Waals surface area (Å²) in [5, 5.41) is 6.67. The maximum atomic E-state index is 4.97. The number of anilines is 1. The molecule has 148 valence electrons. The van der Waals surface area contributed by atoms with Crippen molar-refractivity contribution >= 4 is 11.5 Å². The zero-order valence-electron chi connectivity index (χ0n) is 17.0. The van der Waals surface area contributed by atoms with Gasteiger partial charge in [-0.15, -0.1) is 0 Å². The summed E-state index contributed by atoms with van der Waals surface area (Å²) in [4.78, 5) is 12.1. The second-order valence-electron chi connectivity index (χ2n) is 7.67. The van der Waals surface area contributed by atoms with E-state index in [1.54, 1.807) is 0 Å². The molecule has 2 N–H and O–H groups in total. The van der Waals surface area contributed by atoms with Gasteiger partial charge in [-0.1, -0.05) is 12.1 Å². The van der Waals surface area contributed by atoms with E-state index in [9.17, 15) is 0 Å². The van der Waals surface area contributed by atoms with Crippen LogP contribution in [-0.4, -0.2) is 46.5 Å². The van der Waals surface area contributed by atoms with Crippen LogP contribution in [0.15, 0.2) is 42.7 Å². The number of likely N-dealkylation sites (tertiary alicyclic amines) is 1. The van der Waals surface area contributed by atoms with E-state index in [4.69, 9.17) is 9.97 Å². The van der Waals surface area contributed by atoms with Crippen LogP contribution in [0.2, 0.25) is 0 Å². The number of aryl methyl sites for hydroxylation is 1. The molecule has 4 heterocycles. The Bertz CT molecular complexity index is 934. The number of aromatic nitrogens is 3. The van der Waals surface area contributed by atoms with Crippen molar-refractivity contribution < 1.29 is 0 Å². The molecule has 1 fully saturated rings. The number of nitrogens with zero attached hydrogens (tertiary/aromatic N) is 4. The van der Waals surface area contributed by atoms with Crippen LogP contribution in [0.4, 0.5) is 5.82 Å². The zero-order valence-corrected chi connectivity index (χ0v) is 17.0. The largest absolute Gasteiger partial charge is 0.370 e.